The van der Waals surface area contributed by atoms with Gasteiger partial charge in [0.2, 0.25) is 12.7 Å². The molecule has 1 amide bonds. The highest BCUT2D eigenvalue weighted by Crippen LogP contribution is 2.39. The number of aromatic nitrogens is 2. The molecule has 3 heterocycles. The maximum Gasteiger partial charge on any atom is 0.231 e. The number of hydrogen-bond donors (Lipinski definition) is 2. The smallest absolute Gasteiger partial charge is 0.231 e. The second-order valence-corrected chi connectivity index (χ2v) is 7.30. The lowest BCUT2D eigenvalue weighted by Gasteiger charge is -2.18. The largest absolute Gasteiger partial charge is 0.454 e. The van der Waals surface area contributed by atoms with E-state index in [1.54, 1.807) is 12.4 Å². The van der Waals surface area contributed by atoms with E-state index in [4.69, 9.17) is 9.47 Å². The molecule has 150 valence electrons. The molecule has 0 saturated heterocycles. The monoisotopic (exact) mass is 399 g/mol. The molecule has 1 atom stereocenters. The van der Waals surface area contributed by atoms with E-state index in [2.05, 4.69) is 21.4 Å². The summed E-state index contributed by atoms with van der Waals surface area (Å²) in [6, 6.07) is 17.8. The second kappa shape index (κ2) is 7.91. The van der Waals surface area contributed by atoms with Gasteiger partial charge in [0, 0.05) is 48.4 Å². The lowest BCUT2D eigenvalue weighted by Crippen LogP contribution is -2.25. The molecule has 0 aliphatic carbocycles. The number of H-pyrrole nitrogens is 1. The summed E-state index contributed by atoms with van der Waals surface area (Å²) in [6.07, 6.45) is 5.79. The fourth-order valence-electron chi connectivity index (χ4n) is 3.88. The quantitative estimate of drug-likeness (QED) is 0.511. The van der Waals surface area contributed by atoms with Crippen LogP contribution in [0.4, 0.5) is 0 Å². The lowest BCUT2D eigenvalue weighted by molar-refractivity contribution is -0.121. The van der Waals surface area contributed by atoms with Crippen LogP contribution in [0, 0.1) is 0 Å². The van der Waals surface area contributed by atoms with Crippen LogP contribution in [-0.4, -0.2) is 22.7 Å². The molecule has 4 aromatic rings. The van der Waals surface area contributed by atoms with E-state index in [-0.39, 0.29) is 18.6 Å². The molecule has 0 bridgehead atoms. The number of carbonyl (C=O) groups is 1. The number of hydrogen-bond acceptors (Lipinski definition) is 4. The Morgan fingerprint density at radius 3 is 2.90 bits per heavy atom. The zero-order valence-electron chi connectivity index (χ0n) is 16.3. The first-order valence-electron chi connectivity index (χ1n) is 9.89. The number of carbonyl (C=O) groups excluding carboxylic acids is 1. The number of ether oxygens (including phenoxy) is 2. The fourth-order valence-corrected chi connectivity index (χ4v) is 3.88. The topological polar surface area (TPSA) is 76.2 Å². The van der Waals surface area contributed by atoms with Crippen molar-refractivity contribution in [1.82, 2.24) is 15.3 Å². The highest BCUT2D eigenvalue weighted by Gasteiger charge is 2.24. The summed E-state index contributed by atoms with van der Waals surface area (Å²) in [4.78, 5) is 20.3. The van der Waals surface area contributed by atoms with Gasteiger partial charge in [-0.25, -0.2) is 0 Å². The van der Waals surface area contributed by atoms with Crippen LogP contribution in [0.1, 0.15) is 29.0 Å². The molecule has 2 N–H and O–H groups in total. The summed E-state index contributed by atoms with van der Waals surface area (Å²) in [5, 5.41) is 4.13. The van der Waals surface area contributed by atoms with Gasteiger partial charge in [-0.1, -0.05) is 30.3 Å². The first kappa shape index (κ1) is 18.2. The number of nitrogens with one attached hydrogen (secondary N) is 2. The Hall–Kier alpha value is -3.80. The van der Waals surface area contributed by atoms with Crippen molar-refractivity contribution in [2.24, 2.45) is 0 Å². The normalized spacial score (nSPS) is 13.3. The average Bonchev–Trinajstić information content (AvgIpc) is 3.43. The average molecular weight is 399 g/mol. The molecule has 0 radical (unpaired) electrons. The Balaban J connectivity index is 1.44. The molecule has 2 aromatic heterocycles. The van der Waals surface area contributed by atoms with Crippen molar-refractivity contribution < 1.29 is 14.3 Å². The fraction of sp³-hybridized carbons (Fsp3) is 0.167. The molecule has 1 unspecified atom stereocenters. The molecule has 6 nitrogen and oxygen atoms in total. The molecular weight excluding hydrogens is 378 g/mol. The summed E-state index contributed by atoms with van der Waals surface area (Å²) in [7, 11) is 0. The van der Waals surface area contributed by atoms with Crippen LogP contribution in [0.3, 0.4) is 0 Å². The molecular formula is C24H21N3O3. The predicted molar refractivity (Wildman–Crippen MR) is 113 cm³/mol. The second-order valence-electron chi connectivity index (χ2n) is 7.30. The molecule has 6 heteroatoms. The van der Waals surface area contributed by atoms with Crippen LogP contribution in [0.25, 0.3) is 10.9 Å². The molecule has 0 saturated carbocycles. The number of amides is 1. The highest BCUT2D eigenvalue weighted by atomic mass is 16.7. The number of rotatable bonds is 6. The molecule has 30 heavy (non-hydrogen) atoms. The standard InChI is InChI=1S/C24H21N3O3/c28-24(27-13-16-4-3-9-25-12-16)11-19(17-7-8-22-23(10-17)30-15-29-22)20-14-26-21-6-2-1-5-18(20)21/h1-10,12,14,19,26H,11,13,15H2,(H,27,28). The van der Waals surface area contributed by atoms with Crippen molar-refractivity contribution in [3.8, 4) is 11.5 Å². The summed E-state index contributed by atoms with van der Waals surface area (Å²) >= 11 is 0. The van der Waals surface area contributed by atoms with Crippen LogP contribution in [0.15, 0.2) is 73.2 Å². The lowest BCUT2D eigenvalue weighted by atomic mass is 9.87. The van der Waals surface area contributed by atoms with Gasteiger partial charge in [0.05, 0.1) is 0 Å². The van der Waals surface area contributed by atoms with Gasteiger partial charge in [0.15, 0.2) is 11.5 Å². The third kappa shape index (κ3) is 3.59. The minimum absolute atomic E-state index is 0.0215. The van der Waals surface area contributed by atoms with Gasteiger partial charge in [0.25, 0.3) is 0 Å². The minimum atomic E-state index is -0.121. The van der Waals surface area contributed by atoms with Gasteiger partial charge >= 0.3 is 0 Å². The molecule has 5 rings (SSSR count). The number of aromatic amines is 1. The van der Waals surface area contributed by atoms with Gasteiger partial charge in [-0.15, -0.1) is 0 Å². The third-order valence-corrected chi connectivity index (χ3v) is 5.40. The first-order chi connectivity index (χ1) is 14.8. The van der Waals surface area contributed by atoms with Crippen molar-refractivity contribution in [2.45, 2.75) is 18.9 Å². The Bertz CT molecular complexity index is 1190. The van der Waals surface area contributed by atoms with E-state index >= 15 is 0 Å². The zero-order valence-corrected chi connectivity index (χ0v) is 16.3. The van der Waals surface area contributed by atoms with Crippen molar-refractivity contribution in [2.75, 3.05) is 6.79 Å². The Kier molecular flexibility index (Phi) is 4.81. The number of pyridine rings is 1. The molecule has 0 fully saturated rings. The van der Waals surface area contributed by atoms with Gasteiger partial charge < -0.3 is 19.8 Å². The summed E-state index contributed by atoms with van der Waals surface area (Å²) < 4.78 is 11.0. The van der Waals surface area contributed by atoms with Gasteiger partial charge in [0.1, 0.15) is 0 Å². The minimum Gasteiger partial charge on any atom is -0.454 e. The Morgan fingerprint density at radius 1 is 1.10 bits per heavy atom. The number of para-hydroxylation sites is 1. The van der Waals surface area contributed by atoms with Gasteiger partial charge in [-0.3, -0.25) is 9.78 Å². The van der Waals surface area contributed by atoms with Crippen molar-refractivity contribution in [3.05, 3.63) is 89.9 Å². The SMILES string of the molecule is O=C(CC(c1ccc2c(c1)OCO2)c1c[nH]c2ccccc12)NCc1cccnc1. The van der Waals surface area contributed by atoms with Crippen LogP contribution in [-0.2, 0) is 11.3 Å². The maximum absolute atomic E-state index is 12.9. The summed E-state index contributed by atoms with van der Waals surface area (Å²) in [5.74, 6) is 1.31. The number of nitrogens with zero attached hydrogens (tertiary/aromatic N) is 1. The van der Waals surface area contributed by atoms with E-state index in [0.29, 0.717) is 18.7 Å². The summed E-state index contributed by atoms with van der Waals surface area (Å²) in [5.41, 5.74) is 4.12. The van der Waals surface area contributed by atoms with E-state index in [0.717, 1.165) is 33.3 Å². The molecule has 1 aliphatic heterocycles. The maximum atomic E-state index is 12.9. The van der Waals surface area contributed by atoms with Gasteiger partial charge in [-0.05, 0) is 41.0 Å². The number of fused-ring (bicyclic) bond motifs is 2. The van der Waals surface area contributed by atoms with E-state index in [1.165, 1.54) is 0 Å². The number of benzene rings is 2. The van der Waals surface area contributed by atoms with E-state index < -0.39 is 0 Å². The Labute approximate surface area is 173 Å². The van der Waals surface area contributed by atoms with E-state index in [9.17, 15) is 4.79 Å². The highest BCUT2D eigenvalue weighted by molar-refractivity contribution is 5.86. The first-order valence-corrected chi connectivity index (χ1v) is 9.89. The van der Waals surface area contributed by atoms with Crippen molar-refractivity contribution in [3.63, 3.8) is 0 Å². The van der Waals surface area contributed by atoms with Crippen LogP contribution in [0.5, 0.6) is 11.5 Å². The molecule has 1 aliphatic rings. The Morgan fingerprint density at radius 2 is 2.00 bits per heavy atom. The summed E-state index contributed by atoms with van der Waals surface area (Å²) in [6.45, 7) is 0.677. The van der Waals surface area contributed by atoms with Crippen LogP contribution in [0.2, 0.25) is 0 Å². The van der Waals surface area contributed by atoms with Crippen LogP contribution >= 0.6 is 0 Å². The van der Waals surface area contributed by atoms with Crippen molar-refractivity contribution in [1.29, 1.82) is 0 Å². The van der Waals surface area contributed by atoms with Gasteiger partial charge in [-0.2, -0.15) is 0 Å². The molecule has 2 aromatic carbocycles. The van der Waals surface area contributed by atoms with Crippen LogP contribution < -0.4 is 14.8 Å². The predicted octanol–water partition coefficient (Wildman–Crippen LogP) is 4.13. The third-order valence-electron chi connectivity index (χ3n) is 5.40. The zero-order chi connectivity index (χ0) is 20.3. The van der Waals surface area contributed by atoms with Crippen molar-refractivity contribution >= 4 is 16.8 Å². The van der Waals surface area contributed by atoms with E-state index in [1.807, 2.05) is 54.7 Å². The molecule has 0 spiro atoms.